The maximum Gasteiger partial charge on any atom is 0.408 e. The van der Waals surface area contributed by atoms with Crippen molar-refractivity contribution in [1.82, 2.24) is 16.0 Å². The van der Waals surface area contributed by atoms with E-state index < -0.39 is 35.9 Å². The van der Waals surface area contributed by atoms with Gasteiger partial charge in [-0.1, -0.05) is 20.3 Å². The summed E-state index contributed by atoms with van der Waals surface area (Å²) in [6, 6.07) is -2.04. The first-order chi connectivity index (χ1) is 15.2. The number of carbonyl (C=O) groups is 4. The summed E-state index contributed by atoms with van der Waals surface area (Å²) in [7, 11) is 0. The first kappa shape index (κ1) is 28.7. The highest BCUT2D eigenvalue weighted by Crippen LogP contribution is 2.28. The number of aliphatic carboxylic acids is 1. The van der Waals surface area contributed by atoms with Gasteiger partial charge in [0, 0.05) is 12.5 Å². The summed E-state index contributed by atoms with van der Waals surface area (Å²) in [6.45, 7) is 10.9. The van der Waals surface area contributed by atoms with E-state index in [9.17, 15) is 24.3 Å². The molecular formula is C23H41N3O7. The van der Waals surface area contributed by atoms with Gasteiger partial charge in [-0.15, -0.1) is 0 Å². The van der Waals surface area contributed by atoms with Crippen molar-refractivity contribution in [2.75, 3.05) is 6.54 Å². The van der Waals surface area contributed by atoms with Crippen LogP contribution in [0.15, 0.2) is 0 Å². The fraction of sp³-hybridized carbons (Fsp3) is 0.826. The van der Waals surface area contributed by atoms with E-state index in [4.69, 9.17) is 9.84 Å². The molecule has 0 heterocycles. The van der Waals surface area contributed by atoms with E-state index >= 15 is 0 Å². The number of carboxylic acids is 1. The van der Waals surface area contributed by atoms with Crippen molar-refractivity contribution in [1.29, 1.82) is 0 Å². The fourth-order valence-corrected chi connectivity index (χ4v) is 3.78. The lowest BCUT2D eigenvalue weighted by atomic mass is 9.81. The minimum atomic E-state index is -1.33. The van der Waals surface area contributed by atoms with Crippen molar-refractivity contribution < 1.29 is 34.1 Å². The molecule has 190 valence electrons. The van der Waals surface area contributed by atoms with Crippen molar-refractivity contribution in [3.05, 3.63) is 0 Å². The Bertz CT molecular complexity index is 682. The Hall–Kier alpha value is -2.36. The molecule has 0 aliphatic heterocycles. The summed E-state index contributed by atoms with van der Waals surface area (Å²) >= 11 is 0. The highest BCUT2D eigenvalue weighted by Gasteiger charge is 2.32. The molecular weight excluding hydrogens is 430 g/mol. The number of aliphatic hydroxyl groups is 1. The number of alkyl carbamates (subject to hydrolysis) is 1. The van der Waals surface area contributed by atoms with Crippen LogP contribution in [0.4, 0.5) is 4.79 Å². The van der Waals surface area contributed by atoms with Gasteiger partial charge in [0.15, 0.2) is 6.04 Å². The van der Waals surface area contributed by atoms with Crippen molar-refractivity contribution in [3.63, 3.8) is 0 Å². The monoisotopic (exact) mass is 471 g/mol. The Balaban J connectivity index is 2.55. The summed E-state index contributed by atoms with van der Waals surface area (Å²) in [5.41, 5.74) is -0.662. The molecule has 1 aliphatic rings. The van der Waals surface area contributed by atoms with E-state index in [1.54, 1.807) is 20.8 Å². The average molecular weight is 472 g/mol. The Kier molecular flexibility index (Phi) is 11.1. The standard InChI is InChI=1S/C23H41N3O7/c1-7-13(2)17(26-22(32)33-23(4,5)6)20(29)24-12-15-8-10-16(11-9-15)19(28)25-18(14(3)27)21(30)31/h13-18,27H,7-12H2,1-6H3,(H,24,29)(H,25,28)(H,26,32)(H,30,31)/t13?,14?,15?,16?,17-,18-/m0/s1. The molecule has 1 rings (SSSR count). The summed E-state index contributed by atoms with van der Waals surface area (Å²) < 4.78 is 5.28. The Morgan fingerprint density at radius 1 is 1.00 bits per heavy atom. The number of amides is 3. The van der Waals surface area contributed by atoms with E-state index in [2.05, 4.69) is 16.0 Å². The maximum absolute atomic E-state index is 12.8. The van der Waals surface area contributed by atoms with Crippen LogP contribution in [0.5, 0.6) is 0 Å². The molecule has 0 spiro atoms. The highest BCUT2D eigenvalue weighted by molar-refractivity contribution is 5.86. The quantitative estimate of drug-likeness (QED) is 0.325. The predicted octanol–water partition coefficient (Wildman–Crippen LogP) is 1.80. The molecule has 0 aromatic carbocycles. The molecule has 0 saturated heterocycles. The van der Waals surface area contributed by atoms with Crippen LogP contribution >= 0.6 is 0 Å². The molecule has 10 heteroatoms. The largest absolute Gasteiger partial charge is 0.480 e. The van der Waals surface area contributed by atoms with E-state index in [0.29, 0.717) is 38.6 Å². The van der Waals surface area contributed by atoms with Crippen LogP contribution in [0, 0.1) is 17.8 Å². The average Bonchev–Trinajstić information content (AvgIpc) is 2.72. The van der Waals surface area contributed by atoms with Gasteiger partial charge in [0.25, 0.3) is 0 Å². The number of hydrogen-bond acceptors (Lipinski definition) is 6. The van der Waals surface area contributed by atoms with Gasteiger partial charge in [-0.25, -0.2) is 9.59 Å². The van der Waals surface area contributed by atoms with E-state index in [1.807, 2.05) is 13.8 Å². The minimum Gasteiger partial charge on any atom is -0.480 e. The van der Waals surface area contributed by atoms with Gasteiger partial charge in [0.2, 0.25) is 11.8 Å². The normalized spacial score (nSPS) is 22.3. The molecule has 2 unspecified atom stereocenters. The maximum atomic E-state index is 12.8. The van der Waals surface area contributed by atoms with Crippen LogP contribution in [0.3, 0.4) is 0 Å². The van der Waals surface area contributed by atoms with E-state index in [-0.39, 0.29) is 29.6 Å². The van der Waals surface area contributed by atoms with Crippen LogP contribution in [-0.2, 0) is 19.1 Å². The molecule has 1 fully saturated rings. The Labute approximate surface area is 196 Å². The van der Waals surface area contributed by atoms with E-state index in [1.165, 1.54) is 6.92 Å². The van der Waals surface area contributed by atoms with Crippen molar-refractivity contribution in [3.8, 4) is 0 Å². The van der Waals surface area contributed by atoms with E-state index in [0.717, 1.165) is 0 Å². The minimum absolute atomic E-state index is 0.0759. The zero-order valence-electron chi connectivity index (χ0n) is 20.6. The van der Waals surface area contributed by atoms with Gasteiger partial charge < -0.3 is 30.9 Å². The number of rotatable bonds is 10. The lowest BCUT2D eigenvalue weighted by Crippen LogP contribution is -2.52. The summed E-state index contributed by atoms with van der Waals surface area (Å²) in [4.78, 5) is 48.5. The number of ether oxygens (including phenoxy) is 1. The number of carbonyl (C=O) groups excluding carboxylic acids is 3. The molecule has 1 saturated carbocycles. The number of nitrogens with one attached hydrogen (secondary N) is 3. The van der Waals surface area contributed by atoms with Gasteiger partial charge in [-0.05, 0) is 65.2 Å². The third kappa shape index (κ3) is 9.98. The Morgan fingerprint density at radius 2 is 1.58 bits per heavy atom. The van der Waals surface area contributed by atoms with Gasteiger partial charge in [0.05, 0.1) is 6.10 Å². The van der Waals surface area contributed by atoms with Crippen molar-refractivity contribution in [2.24, 2.45) is 17.8 Å². The zero-order chi connectivity index (χ0) is 25.3. The van der Waals surface area contributed by atoms with Crippen LogP contribution in [0.1, 0.15) is 73.6 Å². The summed E-state index contributed by atoms with van der Waals surface area (Å²) in [5.74, 6) is -2.12. The van der Waals surface area contributed by atoms with Crippen LogP contribution in [-0.4, -0.2) is 64.4 Å². The molecule has 5 N–H and O–H groups in total. The second-order valence-electron chi connectivity index (χ2n) is 10.0. The summed E-state index contributed by atoms with van der Waals surface area (Å²) in [6.07, 6.45) is 1.44. The zero-order valence-corrected chi connectivity index (χ0v) is 20.6. The van der Waals surface area contributed by atoms with Crippen LogP contribution in [0.25, 0.3) is 0 Å². The highest BCUT2D eigenvalue weighted by atomic mass is 16.6. The van der Waals surface area contributed by atoms with Gasteiger partial charge in [0.1, 0.15) is 11.6 Å². The number of hydrogen-bond donors (Lipinski definition) is 5. The van der Waals surface area contributed by atoms with Gasteiger partial charge in [-0.2, -0.15) is 0 Å². The second-order valence-corrected chi connectivity index (χ2v) is 10.0. The topological polar surface area (TPSA) is 154 Å². The fourth-order valence-electron chi connectivity index (χ4n) is 3.78. The molecule has 0 bridgehead atoms. The Morgan fingerprint density at radius 3 is 2.03 bits per heavy atom. The first-order valence-electron chi connectivity index (χ1n) is 11.7. The smallest absolute Gasteiger partial charge is 0.408 e. The van der Waals surface area contributed by atoms with Gasteiger partial charge in [-0.3, -0.25) is 9.59 Å². The van der Waals surface area contributed by atoms with Crippen LogP contribution in [0.2, 0.25) is 0 Å². The van der Waals surface area contributed by atoms with Crippen LogP contribution < -0.4 is 16.0 Å². The first-order valence-corrected chi connectivity index (χ1v) is 11.7. The van der Waals surface area contributed by atoms with Gasteiger partial charge >= 0.3 is 12.1 Å². The lowest BCUT2D eigenvalue weighted by Gasteiger charge is -2.30. The predicted molar refractivity (Wildman–Crippen MR) is 122 cm³/mol. The summed E-state index contributed by atoms with van der Waals surface area (Å²) in [5, 5.41) is 26.7. The third-order valence-corrected chi connectivity index (χ3v) is 6.00. The molecule has 3 amide bonds. The second kappa shape index (κ2) is 12.8. The molecule has 0 radical (unpaired) electrons. The lowest BCUT2D eigenvalue weighted by molar-refractivity contribution is -0.145. The van der Waals surface area contributed by atoms with Crippen molar-refractivity contribution >= 4 is 23.9 Å². The molecule has 0 aromatic rings. The molecule has 4 atom stereocenters. The number of aliphatic hydroxyl groups excluding tert-OH is 1. The third-order valence-electron chi connectivity index (χ3n) is 6.00. The SMILES string of the molecule is CCC(C)[C@H](NC(=O)OC(C)(C)C)C(=O)NCC1CCC(C(=O)N[C@H](C(=O)O)C(C)O)CC1. The van der Waals surface area contributed by atoms with Crippen molar-refractivity contribution in [2.45, 2.75) is 97.4 Å². The molecule has 1 aliphatic carbocycles. The number of carboxylic acid groups (broad SMARTS) is 1. The molecule has 10 nitrogen and oxygen atoms in total. The molecule has 33 heavy (non-hydrogen) atoms. The molecule has 0 aromatic heterocycles.